The first-order chi connectivity index (χ1) is 14.5. The molecular formula is C21H20F5NO3S. The summed E-state index contributed by atoms with van der Waals surface area (Å²) in [4.78, 5) is 12.4. The molecule has 1 unspecified atom stereocenters. The van der Waals surface area contributed by atoms with Crippen LogP contribution in [0.2, 0.25) is 0 Å². The summed E-state index contributed by atoms with van der Waals surface area (Å²) < 4.78 is 88.4. The number of rotatable bonds is 8. The maximum Gasteiger partial charge on any atom is 0.401 e. The van der Waals surface area contributed by atoms with Crippen LogP contribution in [0.25, 0.3) is 0 Å². The van der Waals surface area contributed by atoms with E-state index in [4.69, 9.17) is 0 Å². The molecule has 0 saturated heterocycles. The predicted octanol–water partition coefficient (Wildman–Crippen LogP) is 4.96. The standard InChI is InChI=1S/C21H20F5NO3S/c22-20(23)19(21(24,25)26)15-5-7-16(8-6-15)27-18(28)11-13-3-9-17(10-4-13)31(29,30)12-14-1-2-14/h3-10,14,19-20H,1-2,11-12H2,(H,27,28). The van der Waals surface area contributed by atoms with E-state index in [0.717, 1.165) is 37.1 Å². The molecule has 1 saturated carbocycles. The van der Waals surface area contributed by atoms with E-state index in [9.17, 15) is 35.2 Å². The first-order valence-corrected chi connectivity index (χ1v) is 11.2. The monoisotopic (exact) mass is 461 g/mol. The third kappa shape index (κ3) is 6.25. The fourth-order valence-electron chi connectivity index (χ4n) is 3.15. The molecule has 10 heteroatoms. The van der Waals surface area contributed by atoms with Gasteiger partial charge in [0.05, 0.1) is 17.1 Å². The molecule has 1 atom stereocenters. The third-order valence-electron chi connectivity index (χ3n) is 4.96. The van der Waals surface area contributed by atoms with E-state index in [1.165, 1.54) is 24.3 Å². The molecule has 0 heterocycles. The summed E-state index contributed by atoms with van der Waals surface area (Å²) in [7, 11) is -3.35. The molecule has 0 spiro atoms. The minimum absolute atomic E-state index is 0.0904. The quantitative estimate of drug-likeness (QED) is 0.565. The number of anilines is 1. The van der Waals surface area contributed by atoms with Gasteiger partial charge >= 0.3 is 6.18 Å². The van der Waals surface area contributed by atoms with E-state index in [1.807, 2.05) is 0 Å². The number of nitrogens with one attached hydrogen (secondary N) is 1. The van der Waals surface area contributed by atoms with Crippen LogP contribution in [-0.2, 0) is 21.1 Å². The van der Waals surface area contributed by atoms with Crippen molar-refractivity contribution < 1.29 is 35.2 Å². The Morgan fingerprint density at radius 2 is 1.58 bits per heavy atom. The van der Waals surface area contributed by atoms with E-state index < -0.39 is 39.8 Å². The van der Waals surface area contributed by atoms with Crippen molar-refractivity contribution in [3.63, 3.8) is 0 Å². The summed E-state index contributed by atoms with van der Waals surface area (Å²) in [5.74, 6) is -3.05. The molecule has 2 aromatic rings. The number of carbonyl (C=O) groups excluding carboxylic acids is 1. The second kappa shape index (κ2) is 8.94. The number of hydrogen-bond donors (Lipinski definition) is 1. The van der Waals surface area contributed by atoms with Gasteiger partial charge in [0.2, 0.25) is 5.91 Å². The third-order valence-corrected chi connectivity index (χ3v) is 6.86. The van der Waals surface area contributed by atoms with Crippen LogP contribution in [0.4, 0.5) is 27.6 Å². The van der Waals surface area contributed by atoms with Crippen molar-refractivity contribution in [2.75, 3.05) is 11.1 Å². The van der Waals surface area contributed by atoms with E-state index in [-0.39, 0.29) is 28.7 Å². The molecule has 3 rings (SSSR count). The van der Waals surface area contributed by atoms with Gasteiger partial charge in [-0.25, -0.2) is 17.2 Å². The molecule has 31 heavy (non-hydrogen) atoms. The second-order valence-corrected chi connectivity index (χ2v) is 9.60. The van der Waals surface area contributed by atoms with E-state index in [1.54, 1.807) is 0 Å². The van der Waals surface area contributed by atoms with Crippen LogP contribution in [0.1, 0.15) is 29.9 Å². The lowest BCUT2D eigenvalue weighted by Crippen LogP contribution is -2.27. The van der Waals surface area contributed by atoms with Crippen molar-refractivity contribution in [1.29, 1.82) is 0 Å². The zero-order chi connectivity index (χ0) is 22.8. The number of alkyl halides is 5. The lowest BCUT2D eigenvalue weighted by Gasteiger charge is -2.20. The van der Waals surface area contributed by atoms with Gasteiger partial charge in [-0.05, 0) is 54.2 Å². The average molecular weight is 461 g/mol. The molecule has 0 aliphatic heterocycles. The lowest BCUT2D eigenvalue weighted by molar-refractivity contribution is -0.178. The maximum atomic E-state index is 12.8. The van der Waals surface area contributed by atoms with Crippen molar-refractivity contribution in [1.82, 2.24) is 0 Å². The van der Waals surface area contributed by atoms with Crippen molar-refractivity contribution in [3.05, 3.63) is 59.7 Å². The van der Waals surface area contributed by atoms with Crippen molar-refractivity contribution in [2.45, 2.75) is 42.7 Å². The molecule has 0 radical (unpaired) electrons. The fourth-order valence-corrected chi connectivity index (χ4v) is 4.84. The summed E-state index contributed by atoms with van der Waals surface area (Å²) in [5.41, 5.74) is 0.116. The van der Waals surface area contributed by atoms with Gasteiger partial charge in [-0.15, -0.1) is 0 Å². The molecule has 1 N–H and O–H groups in total. The van der Waals surface area contributed by atoms with E-state index in [0.29, 0.717) is 5.56 Å². The van der Waals surface area contributed by atoms with Crippen LogP contribution in [0.3, 0.4) is 0 Å². The summed E-state index contributed by atoms with van der Waals surface area (Å²) in [6.07, 6.45) is -6.95. The number of carbonyl (C=O) groups is 1. The minimum Gasteiger partial charge on any atom is -0.326 e. The van der Waals surface area contributed by atoms with Crippen LogP contribution in [0, 0.1) is 5.92 Å². The molecule has 1 aliphatic rings. The smallest absolute Gasteiger partial charge is 0.326 e. The number of sulfone groups is 1. The lowest BCUT2D eigenvalue weighted by atomic mass is 9.99. The molecule has 2 aromatic carbocycles. The molecule has 168 valence electrons. The van der Waals surface area contributed by atoms with Gasteiger partial charge in [-0.3, -0.25) is 4.79 Å². The highest BCUT2D eigenvalue weighted by Crippen LogP contribution is 2.39. The Labute approximate surface area is 176 Å². The molecule has 1 amide bonds. The SMILES string of the molecule is O=C(Cc1ccc(S(=O)(=O)CC2CC2)cc1)Nc1ccc(C(C(F)F)C(F)(F)F)cc1. The van der Waals surface area contributed by atoms with Gasteiger partial charge in [-0.1, -0.05) is 24.3 Å². The molecule has 1 aliphatic carbocycles. The Kier molecular flexibility index (Phi) is 6.68. The van der Waals surface area contributed by atoms with Gasteiger partial charge in [0.15, 0.2) is 9.84 Å². The Morgan fingerprint density at radius 1 is 1.00 bits per heavy atom. The Morgan fingerprint density at radius 3 is 2.06 bits per heavy atom. The average Bonchev–Trinajstić information content (AvgIpc) is 3.45. The highest BCUT2D eigenvalue weighted by atomic mass is 32.2. The van der Waals surface area contributed by atoms with Crippen molar-refractivity contribution in [3.8, 4) is 0 Å². The van der Waals surface area contributed by atoms with Gasteiger partial charge < -0.3 is 5.32 Å². The van der Waals surface area contributed by atoms with Gasteiger partial charge in [0, 0.05) is 5.69 Å². The van der Waals surface area contributed by atoms with Crippen molar-refractivity contribution in [2.24, 2.45) is 5.92 Å². The normalized spacial score (nSPS) is 15.7. The van der Waals surface area contributed by atoms with Gasteiger partial charge in [-0.2, -0.15) is 13.2 Å². The zero-order valence-electron chi connectivity index (χ0n) is 16.2. The van der Waals surface area contributed by atoms with Crippen LogP contribution >= 0.6 is 0 Å². The number of benzene rings is 2. The fraction of sp³-hybridized carbons (Fsp3) is 0.381. The molecular weight excluding hydrogens is 441 g/mol. The van der Waals surface area contributed by atoms with Crippen LogP contribution in [0.5, 0.6) is 0 Å². The topological polar surface area (TPSA) is 63.2 Å². The molecule has 4 nitrogen and oxygen atoms in total. The first kappa shape index (κ1) is 23.2. The number of amides is 1. The Hall–Kier alpha value is -2.49. The number of halogens is 5. The van der Waals surface area contributed by atoms with Crippen LogP contribution < -0.4 is 5.32 Å². The zero-order valence-corrected chi connectivity index (χ0v) is 17.0. The predicted molar refractivity (Wildman–Crippen MR) is 105 cm³/mol. The number of hydrogen-bond acceptors (Lipinski definition) is 3. The summed E-state index contributed by atoms with van der Waals surface area (Å²) in [6.45, 7) is 0. The molecule has 0 aromatic heterocycles. The highest BCUT2D eigenvalue weighted by Gasteiger charge is 2.46. The first-order valence-electron chi connectivity index (χ1n) is 9.52. The van der Waals surface area contributed by atoms with Crippen LogP contribution in [-0.4, -0.2) is 32.7 Å². The molecule has 0 bridgehead atoms. The largest absolute Gasteiger partial charge is 0.401 e. The summed E-state index contributed by atoms with van der Waals surface area (Å²) in [5, 5.41) is 2.48. The van der Waals surface area contributed by atoms with Crippen molar-refractivity contribution >= 4 is 21.4 Å². The molecule has 1 fully saturated rings. The van der Waals surface area contributed by atoms with E-state index in [2.05, 4.69) is 5.32 Å². The van der Waals surface area contributed by atoms with E-state index >= 15 is 0 Å². The highest BCUT2D eigenvalue weighted by molar-refractivity contribution is 7.91. The van der Waals surface area contributed by atoms with Gasteiger partial charge in [0.1, 0.15) is 5.92 Å². The second-order valence-electron chi connectivity index (χ2n) is 7.57. The summed E-state index contributed by atoms with van der Waals surface area (Å²) in [6, 6.07) is 9.99. The minimum atomic E-state index is -5.09. The van der Waals surface area contributed by atoms with Gasteiger partial charge in [0.25, 0.3) is 6.43 Å². The van der Waals surface area contributed by atoms with Crippen LogP contribution in [0.15, 0.2) is 53.4 Å². The summed E-state index contributed by atoms with van der Waals surface area (Å²) >= 11 is 0. The maximum absolute atomic E-state index is 12.8. The Balaban J connectivity index is 1.60. The Bertz CT molecular complexity index is 1010.